The molecule has 0 atom stereocenters. The highest BCUT2D eigenvalue weighted by molar-refractivity contribution is 7.99. The molecule has 14 heavy (non-hydrogen) atoms. The van der Waals surface area contributed by atoms with Gasteiger partial charge in [-0.05, 0) is 18.6 Å². The van der Waals surface area contributed by atoms with Crippen molar-refractivity contribution in [2.75, 3.05) is 12.4 Å². The SMILES string of the molecule is O=C(O)c1ccnc(SCCCF)c1. The highest BCUT2D eigenvalue weighted by atomic mass is 32.2. The first-order valence-corrected chi connectivity index (χ1v) is 5.10. The van der Waals surface area contributed by atoms with Crippen LogP contribution in [0, 0.1) is 0 Å². The van der Waals surface area contributed by atoms with E-state index in [2.05, 4.69) is 4.98 Å². The minimum Gasteiger partial charge on any atom is -0.478 e. The maximum atomic E-state index is 11.8. The van der Waals surface area contributed by atoms with Gasteiger partial charge in [-0.15, -0.1) is 11.8 Å². The maximum absolute atomic E-state index is 11.8. The smallest absolute Gasteiger partial charge is 0.335 e. The minimum absolute atomic E-state index is 0.211. The summed E-state index contributed by atoms with van der Waals surface area (Å²) in [6.07, 6.45) is 1.91. The molecule has 0 fully saturated rings. The van der Waals surface area contributed by atoms with Crippen LogP contribution in [0.3, 0.4) is 0 Å². The number of pyridine rings is 1. The molecule has 1 rings (SSSR count). The molecule has 0 unspecified atom stereocenters. The number of rotatable bonds is 5. The summed E-state index contributed by atoms with van der Waals surface area (Å²) < 4.78 is 11.8. The zero-order chi connectivity index (χ0) is 10.4. The van der Waals surface area contributed by atoms with Gasteiger partial charge in [-0.1, -0.05) is 0 Å². The molecule has 1 aromatic rings. The second kappa shape index (κ2) is 5.59. The molecule has 76 valence electrons. The van der Waals surface area contributed by atoms with E-state index in [1.807, 2.05) is 0 Å². The van der Waals surface area contributed by atoms with Crippen LogP contribution in [0.2, 0.25) is 0 Å². The van der Waals surface area contributed by atoms with E-state index in [0.717, 1.165) is 0 Å². The second-order valence-electron chi connectivity index (χ2n) is 2.58. The molecule has 0 saturated heterocycles. The standard InChI is InChI=1S/C9H10FNO2S/c10-3-1-5-14-8-6-7(9(12)13)2-4-11-8/h2,4,6H,1,3,5H2,(H,12,13). The number of halogens is 1. The summed E-state index contributed by atoms with van der Waals surface area (Å²) >= 11 is 1.36. The van der Waals surface area contributed by atoms with Gasteiger partial charge in [-0.25, -0.2) is 9.78 Å². The number of carboxylic acids is 1. The van der Waals surface area contributed by atoms with Gasteiger partial charge in [-0.2, -0.15) is 0 Å². The van der Waals surface area contributed by atoms with Crippen LogP contribution in [0.25, 0.3) is 0 Å². The van der Waals surface area contributed by atoms with Crippen molar-refractivity contribution in [3.63, 3.8) is 0 Å². The number of hydrogen-bond acceptors (Lipinski definition) is 3. The normalized spacial score (nSPS) is 10.1. The van der Waals surface area contributed by atoms with Crippen LogP contribution in [-0.2, 0) is 0 Å². The van der Waals surface area contributed by atoms with Crippen molar-refractivity contribution < 1.29 is 14.3 Å². The van der Waals surface area contributed by atoms with Crippen molar-refractivity contribution >= 4 is 17.7 Å². The van der Waals surface area contributed by atoms with Crippen LogP contribution in [0.4, 0.5) is 4.39 Å². The largest absolute Gasteiger partial charge is 0.478 e. The third-order valence-electron chi connectivity index (χ3n) is 1.51. The Bertz CT molecular complexity index is 319. The van der Waals surface area contributed by atoms with Gasteiger partial charge >= 0.3 is 5.97 Å². The summed E-state index contributed by atoms with van der Waals surface area (Å²) in [6, 6.07) is 2.92. The van der Waals surface area contributed by atoms with Crippen LogP contribution in [0.1, 0.15) is 16.8 Å². The van der Waals surface area contributed by atoms with E-state index in [1.54, 1.807) is 0 Å². The fourth-order valence-electron chi connectivity index (χ4n) is 0.853. The van der Waals surface area contributed by atoms with E-state index in [4.69, 9.17) is 5.11 Å². The van der Waals surface area contributed by atoms with Crippen molar-refractivity contribution in [2.24, 2.45) is 0 Å². The predicted octanol–water partition coefficient (Wildman–Crippen LogP) is 2.23. The zero-order valence-corrected chi connectivity index (χ0v) is 8.26. The molecule has 1 aromatic heterocycles. The molecule has 0 aliphatic carbocycles. The molecule has 0 aromatic carbocycles. The Morgan fingerprint density at radius 2 is 2.43 bits per heavy atom. The van der Waals surface area contributed by atoms with Crippen molar-refractivity contribution in [3.05, 3.63) is 23.9 Å². The van der Waals surface area contributed by atoms with E-state index < -0.39 is 5.97 Å². The van der Waals surface area contributed by atoms with Gasteiger partial charge in [0.05, 0.1) is 17.3 Å². The molecule has 0 aliphatic heterocycles. The van der Waals surface area contributed by atoms with Crippen LogP contribution >= 0.6 is 11.8 Å². The Hall–Kier alpha value is -1.10. The van der Waals surface area contributed by atoms with Crippen molar-refractivity contribution in [2.45, 2.75) is 11.4 Å². The van der Waals surface area contributed by atoms with E-state index in [9.17, 15) is 9.18 Å². The summed E-state index contributed by atoms with van der Waals surface area (Å²) in [6.45, 7) is -0.356. The van der Waals surface area contributed by atoms with E-state index >= 15 is 0 Å². The van der Waals surface area contributed by atoms with Gasteiger partial charge in [-0.3, -0.25) is 4.39 Å². The van der Waals surface area contributed by atoms with Crippen LogP contribution in [0.15, 0.2) is 23.4 Å². The summed E-state index contributed by atoms with van der Waals surface area (Å²) in [5.74, 6) is -0.355. The molecule has 0 bridgehead atoms. The molecular formula is C9H10FNO2S. The number of aromatic nitrogens is 1. The molecule has 0 aliphatic rings. The van der Waals surface area contributed by atoms with Gasteiger partial charge in [0.15, 0.2) is 0 Å². The Morgan fingerprint density at radius 1 is 1.64 bits per heavy atom. The molecule has 5 heteroatoms. The molecule has 0 radical (unpaired) electrons. The van der Waals surface area contributed by atoms with Crippen LogP contribution < -0.4 is 0 Å². The number of nitrogens with zero attached hydrogens (tertiary/aromatic N) is 1. The molecule has 0 spiro atoms. The lowest BCUT2D eigenvalue weighted by atomic mass is 10.3. The Labute approximate surface area is 85.4 Å². The zero-order valence-electron chi connectivity index (χ0n) is 7.44. The third kappa shape index (κ3) is 3.33. The molecular weight excluding hydrogens is 205 g/mol. The summed E-state index contributed by atoms with van der Waals surface area (Å²) in [5, 5.41) is 9.31. The van der Waals surface area contributed by atoms with Gasteiger partial charge in [0, 0.05) is 11.9 Å². The molecule has 1 heterocycles. The Balaban J connectivity index is 2.59. The fraction of sp³-hybridized carbons (Fsp3) is 0.333. The Kier molecular flexibility index (Phi) is 4.39. The van der Waals surface area contributed by atoms with Crippen molar-refractivity contribution in [3.8, 4) is 0 Å². The van der Waals surface area contributed by atoms with Crippen LogP contribution in [0.5, 0.6) is 0 Å². The van der Waals surface area contributed by atoms with Crippen molar-refractivity contribution in [1.82, 2.24) is 4.98 Å². The highest BCUT2D eigenvalue weighted by Crippen LogP contribution is 2.17. The number of aromatic carboxylic acids is 1. The van der Waals surface area contributed by atoms with E-state index in [1.165, 1.54) is 30.1 Å². The lowest BCUT2D eigenvalue weighted by Crippen LogP contribution is -1.97. The third-order valence-corrected chi connectivity index (χ3v) is 2.52. The molecule has 0 amide bonds. The minimum atomic E-state index is -0.972. The van der Waals surface area contributed by atoms with E-state index in [0.29, 0.717) is 17.2 Å². The lowest BCUT2D eigenvalue weighted by Gasteiger charge is -1.99. The topological polar surface area (TPSA) is 50.2 Å². The van der Waals surface area contributed by atoms with E-state index in [-0.39, 0.29) is 12.2 Å². The fourth-order valence-corrected chi connectivity index (χ4v) is 1.66. The number of carboxylic acid groups (broad SMARTS) is 1. The quantitative estimate of drug-likeness (QED) is 0.604. The van der Waals surface area contributed by atoms with Gasteiger partial charge in [0.1, 0.15) is 0 Å². The number of carbonyl (C=O) groups is 1. The molecule has 1 N–H and O–H groups in total. The molecule has 0 saturated carbocycles. The summed E-state index contributed by atoms with van der Waals surface area (Å²) in [4.78, 5) is 14.6. The summed E-state index contributed by atoms with van der Waals surface area (Å²) in [5.41, 5.74) is 0.211. The maximum Gasteiger partial charge on any atom is 0.335 e. The first kappa shape index (κ1) is 11.0. The first-order valence-electron chi connectivity index (χ1n) is 4.12. The predicted molar refractivity (Wildman–Crippen MR) is 52.5 cm³/mol. The molecule has 3 nitrogen and oxygen atoms in total. The van der Waals surface area contributed by atoms with Gasteiger partial charge < -0.3 is 5.11 Å². The van der Waals surface area contributed by atoms with Gasteiger partial charge in [0.25, 0.3) is 0 Å². The summed E-state index contributed by atoms with van der Waals surface area (Å²) in [7, 11) is 0. The Morgan fingerprint density at radius 3 is 3.07 bits per heavy atom. The second-order valence-corrected chi connectivity index (χ2v) is 3.69. The number of alkyl halides is 1. The van der Waals surface area contributed by atoms with Crippen LogP contribution in [-0.4, -0.2) is 28.5 Å². The lowest BCUT2D eigenvalue weighted by molar-refractivity contribution is 0.0696. The van der Waals surface area contributed by atoms with Gasteiger partial charge in [0.2, 0.25) is 0 Å². The average Bonchev–Trinajstić information content (AvgIpc) is 2.19. The number of hydrogen-bond donors (Lipinski definition) is 1. The van der Waals surface area contributed by atoms with Crippen molar-refractivity contribution in [1.29, 1.82) is 0 Å². The monoisotopic (exact) mass is 215 g/mol. The average molecular weight is 215 g/mol. The first-order chi connectivity index (χ1) is 6.74. The number of thioether (sulfide) groups is 1. The highest BCUT2D eigenvalue weighted by Gasteiger charge is 2.03.